The van der Waals surface area contributed by atoms with E-state index >= 15 is 0 Å². The summed E-state index contributed by atoms with van der Waals surface area (Å²) in [6.07, 6.45) is 11.0. The van der Waals surface area contributed by atoms with Crippen LogP contribution in [0.15, 0.2) is 6.20 Å². The molecule has 6 heteroatoms. The Morgan fingerprint density at radius 1 is 1.27 bits per heavy atom. The summed E-state index contributed by atoms with van der Waals surface area (Å²) in [7, 11) is 1.63. The summed E-state index contributed by atoms with van der Waals surface area (Å²) in [4.78, 5) is 14.3. The lowest BCUT2D eigenvalue weighted by molar-refractivity contribution is -0.0491. The van der Waals surface area contributed by atoms with Crippen LogP contribution >= 0.6 is 0 Å². The lowest BCUT2D eigenvalue weighted by atomic mass is 9.59. The third-order valence-electron chi connectivity index (χ3n) is 6.30. The molecular formula is C16H25N5O. The van der Waals surface area contributed by atoms with Gasteiger partial charge in [0.05, 0.1) is 12.2 Å². The van der Waals surface area contributed by atoms with Crippen LogP contribution in [0, 0.1) is 5.41 Å². The second kappa shape index (κ2) is 5.33. The summed E-state index contributed by atoms with van der Waals surface area (Å²) in [5, 5.41) is 10.9. The molecule has 3 fully saturated rings. The van der Waals surface area contributed by atoms with Crippen LogP contribution in [0.25, 0.3) is 0 Å². The molecule has 6 nitrogen and oxygen atoms in total. The Labute approximate surface area is 131 Å². The van der Waals surface area contributed by atoms with Crippen molar-refractivity contribution in [2.75, 3.05) is 20.1 Å². The van der Waals surface area contributed by atoms with Crippen LogP contribution < -0.4 is 5.32 Å². The Kier molecular flexibility index (Phi) is 3.44. The number of rotatable bonds is 3. The highest BCUT2D eigenvalue weighted by molar-refractivity contribution is 5.91. The van der Waals surface area contributed by atoms with Crippen LogP contribution in [0.4, 0.5) is 0 Å². The van der Waals surface area contributed by atoms with Gasteiger partial charge < -0.3 is 10.2 Å². The van der Waals surface area contributed by atoms with Gasteiger partial charge in [-0.25, -0.2) is 4.68 Å². The Morgan fingerprint density at radius 3 is 2.59 bits per heavy atom. The Hall–Kier alpha value is -1.43. The minimum absolute atomic E-state index is 0.153. The third kappa shape index (κ3) is 2.16. The van der Waals surface area contributed by atoms with Gasteiger partial charge in [0.2, 0.25) is 0 Å². The van der Waals surface area contributed by atoms with Crippen molar-refractivity contribution in [3.8, 4) is 0 Å². The predicted octanol–water partition coefficient (Wildman–Crippen LogP) is 1.61. The van der Waals surface area contributed by atoms with Gasteiger partial charge in [-0.1, -0.05) is 11.6 Å². The van der Waals surface area contributed by atoms with E-state index in [1.54, 1.807) is 7.05 Å². The summed E-state index contributed by atoms with van der Waals surface area (Å²) in [6, 6.07) is 1.30. The van der Waals surface area contributed by atoms with Gasteiger partial charge in [-0.05, 0) is 57.0 Å². The van der Waals surface area contributed by atoms with Crippen LogP contribution in [-0.4, -0.2) is 52.0 Å². The number of nitrogens with zero attached hydrogens (tertiary/aromatic N) is 4. The molecule has 2 aliphatic carbocycles. The lowest BCUT2D eigenvalue weighted by Gasteiger charge is -2.55. The van der Waals surface area contributed by atoms with Crippen molar-refractivity contribution >= 4 is 5.91 Å². The molecule has 120 valence electrons. The first-order valence-electron chi connectivity index (χ1n) is 8.60. The molecule has 4 rings (SSSR count). The zero-order chi connectivity index (χ0) is 15.2. The molecule has 1 atom stereocenters. The fraction of sp³-hybridized carbons (Fsp3) is 0.812. The maximum Gasteiger partial charge on any atom is 0.273 e. The second-order valence-electron chi connectivity index (χ2n) is 7.20. The second-order valence-corrected chi connectivity index (χ2v) is 7.20. The molecule has 1 aliphatic heterocycles. The molecular weight excluding hydrogens is 278 g/mol. The van der Waals surface area contributed by atoms with E-state index in [9.17, 15) is 4.79 Å². The maximum absolute atomic E-state index is 11.6. The van der Waals surface area contributed by atoms with E-state index in [4.69, 9.17) is 0 Å². The van der Waals surface area contributed by atoms with Gasteiger partial charge in [0, 0.05) is 13.1 Å². The van der Waals surface area contributed by atoms with Gasteiger partial charge in [-0.3, -0.25) is 4.79 Å². The number of aromatic nitrogens is 3. The van der Waals surface area contributed by atoms with Crippen LogP contribution in [0.2, 0.25) is 0 Å². The summed E-state index contributed by atoms with van der Waals surface area (Å²) >= 11 is 0. The van der Waals surface area contributed by atoms with Gasteiger partial charge in [0.25, 0.3) is 5.91 Å². The number of piperidine rings is 1. The molecule has 0 aromatic carbocycles. The standard InChI is InChI=1S/C16H25N5O/c1-17-15(22)13-11-21(19-18-13)14-5-6-16(14)7-9-20(10-8-16)12-3-2-4-12/h11-12,14H,2-10H2,1H3,(H,17,22). The van der Waals surface area contributed by atoms with Crippen LogP contribution in [0.1, 0.15) is 61.5 Å². The molecule has 2 saturated carbocycles. The molecule has 1 spiro atoms. The van der Waals surface area contributed by atoms with Gasteiger partial charge >= 0.3 is 0 Å². The highest BCUT2D eigenvalue weighted by Crippen LogP contribution is 2.56. The molecule has 1 unspecified atom stereocenters. The molecule has 1 amide bonds. The van der Waals surface area contributed by atoms with Gasteiger partial charge in [0.1, 0.15) is 0 Å². The zero-order valence-electron chi connectivity index (χ0n) is 13.3. The first-order valence-corrected chi connectivity index (χ1v) is 8.60. The Bertz CT molecular complexity index is 557. The van der Waals surface area contributed by atoms with Crippen molar-refractivity contribution in [1.82, 2.24) is 25.2 Å². The number of likely N-dealkylation sites (tertiary alicyclic amines) is 1. The van der Waals surface area contributed by atoms with Crippen molar-refractivity contribution < 1.29 is 4.79 Å². The Morgan fingerprint density at radius 2 is 2.05 bits per heavy atom. The van der Waals surface area contributed by atoms with E-state index in [2.05, 4.69) is 20.5 Å². The summed E-state index contributed by atoms with van der Waals surface area (Å²) < 4.78 is 1.95. The molecule has 2 heterocycles. The number of hydrogen-bond donors (Lipinski definition) is 1. The molecule has 0 radical (unpaired) electrons. The number of nitrogens with one attached hydrogen (secondary N) is 1. The van der Waals surface area contributed by atoms with E-state index in [0.717, 1.165) is 6.04 Å². The first-order chi connectivity index (χ1) is 10.7. The van der Waals surface area contributed by atoms with Crippen molar-refractivity contribution in [2.45, 2.75) is 57.0 Å². The van der Waals surface area contributed by atoms with Crippen LogP contribution in [0.5, 0.6) is 0 Å². The molecule has 1 aromatic rings. The fourth-order valence-corrected chi connectivity index (χ4v) is 4.43. The van der Waals surface area contributed by atoms with Gasteiger partial charge in [-0.2, -0.15) is 0 Å². The Balaban J connectivity index is 1.43. The van der Waals surface area contributed by atoms with Crippen molar-refractivity contribution in [1.29, 1.82) is 0 Å². The molecule has 1 aromatic heterocycles. The van der Waals surface area contributed by atoms with Crippen molar-refractivity contribution in [3.63, 3.8) is 0 Å². The quantitative estimate of drug-likeness (QED) is 0.921. The van der Waals surface area contributed by atoms with Crippen molar-refractivity contribution in [3.05, 3.63) is 11.9 Å². The normalized spacial score (nSPS) is 28.1. The number of hydrogen-bond acceptors (Lipinski definition) is 4. The monoisotopic (exact) mass is 303 g/mol. The molecule has 0 bridgehead atoms. The maximum atomic E-state index is 11.6. The highest BCUT2D eigenvalue weighted by Gasteiger charge is 2.50. The summed E-state index contributed by atoms with van der Waals surface area (Å²) in [5.41, 5.74) is 0.824. The zero-order valence-corrected chi connectivity index (χ0v) is 13.3. The minimum atomic E-state index is -0.153. The third-order valence-corrected chi connectivity index (χ3v) is 6.30. The average molecular weight is 303 g/mol. The number of amides is 1. The molecule has 3 aliphatic rings. The topological polar surface area (TPSA) is 63.1 Å². The first kappa shape index (κ1) is 14.2. The van der Waals surface area contributed by atoms with E-state index in [-0.39, 0.29) is 5.91 Å². The summed E-state index contributed by atoms with van der Waals surface area (Å²) in [6.45, 7) is 2.47. The van der Waals surface area contributed by atoms with Gasteiger partial charge in [0.15, 0.2) is 5.69 Å². The SMILES string of the molecule is CNC(=O)c1cn(C2CCC23CCN(C2CCC2)CC3)nn1. The smallest absolute Gasteiger partial charge is 0.273 e. The van der Waals surface area contributed by atoms with E-state index in [0.29, 0.717) is 17.2 Å². The lowest BCUT2D eigenvalue weighted by Crippen LogP contribution is -2.53. The van der Waals surface area contributed by atoms with E-state index in [1.165, 1.54) is 58.0 Å². The van der Waals surface area contributed by atoms with E-state index in [1.807, 2.05) is 10.9 Å². The van der Waals surface area contributed by atoms with Crippen LogP contribution in [-0.2, 0) is 0 Å². The molecule has 1 saturated heterocycles. The largest absolute Gasteiger partial charge is 0.354 e. The average Bonchev–Trinajstić information content (AvgIpc) is 2.93. The van der Waals surface area contributed by atoms with Crippen molar-refractivity contribution in [2.24, 2.45) is 5.41 Å². The predicted molar refractivity (Wildman–Crippen MR) is 82.6 cm³/mol. The molecule has 22 heavy (non-hydrogen) atoms. The molecule has 1 N–H and O–H groups in total. The minimum Gasteiger partial charge on any atom is -0.354 e. The van der Waals surface area contributed by atoms with E-state index < -0.39 is 0 Å². The van der Waals surface area contributed by atoms with Gasteiger partial charge in [-0.15, -0.1) is 5.10 Å². The van der Waals surface area contributed by atoms with Crippen LogP contribution in [0.3, 0.4) is 0 Å². The number of carbonyl (C=O) groups is 1. The fourth-order valence-electron chi connectivity index (χ4n) is 4.43. The summed E-state index contributed by atoms with van der Waals surface area (Å²) in [5.74, 6) is -0.153. The highest BCUT2D eigenvalue weighted by atomic mass is 16.1. The number of carbonyl (C=O) groups excluding carboxylic acids is 1.